The number of Topliss-reactive ketones (excluding diaryl/α,β-unsaturated/α-hetero) is 1. The number of alkyl halides is 3. The van der Waals surface area contributed by atoms with E-state index in [-0.39, 0.29) is 36.6 Å². The third-order valence-corrected chi connectivity index (χ3v) is 6.22. The lowest BCUT2D eigenvalue weighted by Crippen LogP contribution is -2.27. The summed E-state index contributed by atoms with van der Waals surface area (Å²) in [6, 6.07) is 16.4. The summed E-state index contributed by atoms with van der Waals surface area (Å²) in [7, 11) is 0. The largest absolute Gasteiger partial charge is 0.573 e. The molecule has 0 amide bonds. The van der Waals surface area contributed by atoms with Crippen molar-refractivity contribution >= 4 is 34.3 Å². The van der Waals surface area contributed by atoms with E-state index in [1.54, 1.807) is 24.3 Å². The minimum absolute atomic E-state index is 0.0175. The van der Waals surface area contributed by atoms with Gasteiger partial charge in [0, 0.05) is 18.5 Å². The Labute approximate surface area is 229 Å². The molecule has 9 nitrogen and oxygen atoms in total. The normalized spacial score (nSPS) is 12.2. The molecule has 208 valence electrons. The molecule has 0 fully saturated rings. The summed E-state index contributed by atoms with van der Waals surface area (Å²) < 4.78 is 48.1. The molecule has 1 atom stereocenters. The number of ether oxygens (including phenoxy) is 2. The Morgan fingerprint density at radius 3 is 2.48 bits per heavy atom. The summed E-state index contributed by atoms with van der Waals surface area (Å²) in [6.45, 7) is -0.134. The number of halogens is 4. The van der Waals surface area contributed by atoms with E-state index in [0.29, 0.717) is 22.2 Å². The van der Waals surface area contributed by atoms with E-state index in [4.69, 9.17) is 16.3 Å². The number of aliphatic carboxylic acids is 1. The molecule has 3 aromatic carbocycles. The number of nitrogens with zero attached hydrogens (tertiary/aromatic N) is 3. The van der Waals surface area contributed by atoms with E-state index in [2.05, 4.69) is 15.0 Å². The Bertz CT molecular complexity index is 1590. The number of carboxylic acid groups (broad SMARTS) is 1. The van der Waals surface area contributed by atoms with Crippen molar-refractivity contribution in [2.45, 2.75) is 32.4 Å². The van der Waals surface area contributed by atoms with Crippen LogP contribution in [0.25, 0.3) is 10.9 Å². The van der Waals surface area contributed by atoms with Crippen molar-refractivity contribution in [2.75, 3.05) is 0 Å². The minimum Gasteiger partial charge on any atom is -0.489 e. The van der Waals surface area contributed by atoms with Gasteiger partial charge in [0.2, 0.25) is 0 Å². The van der Waals surface area contributed by atoms with Crippen LogP contribution in [0.15, 0.2) is 71.5 Å². The quantitative estimate of drug-likeness (QED) is 0.240. The van der Waals surface area contributed by atoms with Gasteiger partial charge in [-0.3, -0.25) is 14.4 Å². The maximum absolute atomic E-state index is 12.8. The zero-order chi connectivity index (χ0) is 28.9. The van der Waals surface area contributed by atoms with E-state index in [1.165, 1.54) is 36.4 Å². The van der Waals surface area contributed by atoms with Crippen molar-refractivity contribution in [3.05, 3.63) is 93.2 Å². The van der Waals surface area contributed by atoms with Crippen LogP contribution in [-0.4, -0.2) is 38.2 Å². The highest BCUT2D eigenvalue weighted by atomic mass is 35.5. The zero-order valence-corrected chi connectivity index (χ0v) is 21.4. The SMILES string of the molecule is O=C(CC(CCn1nnc2ccccc2c1=O)C(=O)O)c1ccc(OCc2ccc(Cl)c(OC(F)(F)F)c2)cc1. The van der Waals surface area contributed by atoms with Crippen molar-refractivity contribution in [3.63, 3.8) is 0 Å². The first-order valence-corrected chi connectivity index (χ1v) is 12.2. The molecular weight excluding hydrogens is 555 g/mol. The van der Waals surface area contributed by atoms with Gasteiger partial charge in [-0.15, -0.1) is 18.3 Å². The summed E-state index contributed by atoms with van der Waals surface area (Å²) in [4.78, 5) is 37.2. The predicted octanol–water partition coefficient (Wildman–Crippen LogP) is 5.29. The van der Waals surface area contributed by atoms with Gasteiger partial charge in [0.25, 0.3) is 5.56 Å². The highest BCUT2D eigenvalue weighted by Gasteiger charge is 2.32. The number of carbonyl (C=O) groups excluding carboxylic acids is 1. The first-order valence-electron chi connectivity index (χ1n) is 11.9. The lowest BCUT2D eigenvalue weighted by Gasteiger charge is -2.13. The number of fused-ring (bicyclic) bond motifs is 1. The Hall–Kier alpha value is -4.45. The van der Waals surface area contributed by atoms with Crippen LogP contribution in [0.3, 0.4) is 0 Å². The third kappa shape index (κ3) is 7.35. The fourth-order valence-corrected chi connectivity index (χ4v) is 4.00. The average Bonchev–Trinajstić information content (AvgIpc) is 2.91. The number of carboxylic acids is 1. The summed E-state index contributed by atoms with van der Waals surface area (Å²) in [5, 5.41) is 17.6. The van der Waals surface area contributed by atoms with Crippen molar-refractivity contribution in [1.29, 1.82) is 0 Å². The summed E-state index contributed by atoms with van der Waals surface area (Å²) in [5.41, 5.74) is 0.630. The molecule has 13 heteroatoms. The number of hydrogen-bond donors (Lipinski definition) is 1. The van der Waals surface area contributed by atoms with E-state index in [1.807, 2.05) is 0 Å². The molecule has 1 N–H and O–H groups in total. The van der Waals surface area contributed by atoms with Crippen molar-refractivity contribution in [1.82, 2.24) is 15.0 Å². The highest BCUT2D eigenvalue weighted by molar-refractivity contribution is 6.32. The first kappa shape index (κ1) is 28.6. The maximum atomic E-state index is 12.8. The second-order valence-corrected chi connectivity index (χ2v) is 9.12. The molecule has 0 spiro atoms. The van der Waals surface area contributed by atoms with Crippen LogP contribution in [0.1, 0.15) is 28.8 Å². The second kappa shape index (κ2) is 12.2. The molecule has 1 heterocycles. The summed E-state index contributed by atoms with van der Waals surface area (Å²) in [5.74, 6) is -2.91. The van der Waals surface area contributed by atoms with Gasteiger partial charge < -0.3 is 14.6 Å². The monoisotopic (exact) mass is 575 g/mol. The molecule has 1 aromatic heterocycles. The van der Waals surface area contributed by atoms with Crippen LogP contribution >= 0.6 is 11.6 Å². The molecule has 1 unspecified atom stereocenters. The summed E-state index contributed by atoms with van der Waals surface area (Å²) in [6.07, 6.45) is -5.22. The van der Waals surface area contributed by atoms with Gasteiger partial charge in [-0.25, -0.2) is 4.68 Å². The molecule has 0 radical (unpaired) electrons. The predicted molar refractivity (Wildman–Crippen MR) is 137 cm³/mol. The second-order valence-electron chi connectivity index (χ2n) is 8.71. The van der Waals surface area contributed by atoms with E-state index in [0.717, 1.165) is 10.7 Å². The Kier molecular flexibility index (Phi) is 8.68. The van der Waals surface area contributed by atoms with Crippen molar-refractivity contribution in [3.8, 4) is 11.5 Å². The van der Waals surface area contributed by atoms with Crippen LogP contribution < -0.4 is 15.0 Å². The van der Waals surface area contributed by atoms with Crippen LogP contribution in [0.2, 0.25) is 5.02 Å². The molecule has 0 aliphatic heterocycles. The fraction of sp³-hybridized carbons (Fsp3) is 0.222. The van der Waals surface area contributed by atoms with Gasteiger partial charge in [0.05, 0.1) is 16.3 Å². The Morgan fingerprint density at radius 1 is 1.05 bits per heavy atom. The number of aryl methyl sites for hydroxylation is 1. The molecule has 40 heavy (non-hydrogen) atoms. The molecule has 4 aromatic rings. The highest BCUT2D eigenvalue weighted by Crippen LogP contribution is 2.31. The molecule has 0 aliphatic rings. The van der Waals surface area contributed by atoms with E-state index < -0.39 is 35.3 Å². The van der Waals surface area contributed by atoms with Crippen molar-refractivity contribution in [2.24, 2.45) is 5.92 Å². The third-order valence-electron chi connectivity index (χ3n) is 5.90. The van der Waals surface area contributed by atoms with E-state index >= 15 is 0 Å². The van der Waals surface area contributed by atoms with Gasteiger partial charge in [-0.2, -0.15) is 0 Å². The minimum atomic E-state index is -4.90. The van der Waals surface area contributed by atoms with Gasteiger partial charge in [-0.05, 0) is 60.5 Å². The number of benzene rings is 3. The fourth-order valence-electron chi connectivity index (χ4n) is 3.85. The molecular formula is C27H21ClF3N3O6. The lowest BCUT2D eigenvalue weighted by atomic mass is 9.95. The number of hydrogen-bond acceptors (Lipinski definition) is 7. The maximum Gasteiger partial charge on any atom is 0.573 e. The summed E-state index contributed by atoms with van der Waals surface area (Å²) >= 11 is 5.75. The lowest BCUT2D eigenvalue weighted by molar-refractivity contribution is -0.274. The smallest absolute Gasteiger partial charge is 0.489 e. The molecule has 0 saturated heterocycles. The van der Waals surface area contributed by atoms with E-state index in [9.17, 15) is 32.7 Å². The van der Waals surface area contributed by atoms with Crippen LogP contribution in [0.5, 0.6) is 11.5 Å². The van der Waals surface area contributed by atoms with Crippen LogP contribution in [-0.2, 0) is 17.9 Å². The average molecular weight is 576 g/mol. The van der Waals surface area contributed by atoms with Crippen LogP contribution in [0, 0.1) is 5.92 Å². The zero-order valence-electron chi connectivity index (χ0n) is 20.6. The molecule has 0 bridgehead atoms. The number of rotatable bonds is 11. The topological polar surface area (TPSA) is 121 Å². The Balaban J connectivity index is 1.35. The Morgan fingerprint density at radius 2 is 1.77 bits per heavy atom. The van der Waals surface area contributed by atoms with Gasteiger partial charge in [0.15, 0.2) is 5.78 Å². The number of aromatic nitrogens is 3. The van der Waals surface area contributed by atoms with Gasteiger partial charge in [-0.1, -0.05) is 35.0 Å². The van der Waals surface area contributed by atoms with Crippen LogP contribution in [0.4, 0.5) is 13.2 Å². The number of carbonyl (C=O) groups is 2. The van der Waals surface area contributed by atoms with Gasteiger partial charge in [0.1, 0.15) is 23.6 Å². The number of ketones is 1. The first-order chi connectivity index (χ1) is 19.0. The van der Waals surface area contributed by atoms with Gasteiger partial charge >= 0.3 is 12.3 Å². The molecule has 0 saturated carbocycles. The standard InChI is InChI=1S/C27H21ClF3N3O6/c28-21-10-5-16(13-24(21)40-27(29,30)31)15-39-19-8-6-17(7-9-19)23(35)14-18(26(37)38)11-12-34-25(36)20-3-1-2-4-22(20)32-33-34/h1-10,13,18H,11-12,14-15H2,(H,37,38). The molecule has 0 aliphatic carbocycles. The van der Waals surface area contributed by atoms with Crippen molar-refractivity contribution < 1.29 is 37.3 Å². The molecule has 4 rings (SSSR count).